The number of aromatic nitrogens is 2. The number of rotatable bonds is 7. The summed E-state index contributed by atoms with van der Waals surface area (Å²) >= 11 is 1.89. The standard InChI is InChI=1S/C12H23N3S/c1-10(2)9-15-7-6-13-12(15)14-11(3)5-8-16-4/h6-7,10-11H,5,8-9H2,1-4H3,(H,13,14). The van der Waals surface area contributed by atoms with Crippen molar-refractivity contribution >= 4 is 17.7 Å². The second-order valence-electron chi connectivity index (χ2n) is 4.62. The van der Waals surface area contributed by atoms with Gasteiger partial charge in [0.1, 0.15) is 0 Å². The van der Waals surface area contributed by atoms with Gasteiger partial charge in [-0.3, -0.25) is 0 Å². The topological polar surface area (TPSA) is 29.9 Å². The summed E-state index contributed by atoms with van der Waals surface area (Å²) in [5, 5.41) is 3.47. The highest BCUT2D eigenvalue weighted by molar-refractivity contribution is 7.98. The molecule has 0 saturated carbocycles. The Balaban J connectivity index is 2.49. The van der Waals surface area contributed by atoms with Crippen molar-refractivity contribution in [3.8, 4) is 0 Å². The van der Waals surface area contributed by atoms with Gasteiger partial charge in [-0.05, 0) is 31.3 Å². The van der Waals surface area contributed by atoms with Gasteiger partial charge in [-0.2, -0.15) is 11.8 Å². The van der Waals surface area contributed by atoms with E-state index in [1.54, 1.807) is 0 Å². The van der Waals surface area contributed by atoms with Gasteiger partial charge in [0.25, 0.3) is 0 Å². The minimum Gasteiger partial charge on any atom is -0.353 e. The lowest BCUT2D eigenvalue weighted by molar-refractivity contribution is 0.524. The molecule has 0 fully saturated rings. The van der Waals surface area contributed by atoms with Crippen LogP contribution in [0.25, 0.3) is 0 Å². The summed E-state index contributed by atoms with van der Waals surface area (Å²) in [6.45, 7) is 7.68. The predicted octanol–water partition coefficient (Wildman–Crippen LogP) is 3.09. The summed E-state index contributed by atoms with van der Waals surface area (Å²) in [5.74, 6) is 2.84. The molecule has 0 bridgehead atoms. The highest BCUT2D eigenvalue weighted by Gasteiger charge is 2.07. The normalized spacial score (nSPS) is 13.1. The van der Waals surface area contributed by atoms with Crippen LogP contribution in [0.3, 0.4) is 0 Å². The maximum absolute atomic E-state index is 4.36. The molecule has 1 unspecified atom stereocenters. The second-order valence-corrected chi connectivity index (χ2v) is 5.61. The van der Waals surface area contributed by atoms with Crippen molar-refractivity contribution in [3.63, 3.8) is 0 Å². The Morgan fingerprint density at radius 2 is 2.19 bits per heavy atom. The fourth-order valence-corrected chi connectivity index (χ4v) is 2.17. The van der Waals surface area contributed by atoms with Crippen molar-refractivity contribution in [2.24, 2.45) is 5.92 Å². The van der Waals surface area contributed by atoms with Crippen LogP contribution in [-0.2, 0) is 6.54 Å². The smallest absolute Gasteiger partial charge is 0.202 e. The van der Waals surface area contributed by atoms with Crippen LogP contribution in [0.2, 0.25) is 0 Å². The molecule has 16 heavy (non-hydrogen) atoms. The number of nitrogens with one attached hydrogen (secondary N) is 1. The fourth-order valence-electron chi connectivity index (χ4n) is 1.58. The number of imidazole rings is 1. The largest absolute Gasteiger partial charge is 0.353 e. The van der Waals surface area contributed by atoms with Gasteiger partial charge in [0.15, 0.2) is 0 Å². The van der Waals surface area contributed by atoms with E-state index < -0.39 is 0 Å². The highest BCUT2D eigenvalue weighted by atomic mass is 32.2. The molecule has 0 aromatic carbocycles. The molecular weight excluding hydrogens is 218 g/mol. The van der Waals surface area contributed by atoms with Crippen molar-refractivity contribution in [1.29, 1.82) is 0 Å². The molecule has 0 aliphatic heterocycles. The Bertz CT molecular complexity index is 296. The van der Waals surface area contributed by atoms with Crippen molar-refractivity contribution in [3.05, 3.63) is 12.4 Å². The van der Waals surface area contributed by atoms with Gasteiger partial charge in [0, 0.05) is 25.0 Å². The number of anilines is 1. The predicted molar refractivity (Wildman–Crippen MR) is 73.1 cm³/mol. The Kier molecular flexibility index (Phi) is 5.74. The van der Waals surface area contributed by atoms with E-state index in [1.165, 1.54) is 12.2 Å². The third kappa shape index (κ3) is 4.47. The third-order valence-electron chi connectivity index (χ3n) is 2.41. The zero-order valence-corrected chi connectivity index (χ0v) is 11.5. The molecule has 1 heterocycles. The first-order valence-corrected chi connectivity index (χ1v) is 7.29. The minimum atomic E-state index is 0.487. The van der Waals surface area contributed by atoms with Crippen LogP contribution >= 0.6 is 11.8 Å². The molecule has 4 heteroatoms. The molecule has 3 nitrogen and oxygen atoms in total. The van der Waals surface area contributed by atoms with Gasteiger partial charge in [0.2, 0.25) is 5.95 Å². The average molecular weight is 241 g/mol. The molecule has 1 N–H and O–H groups in total. The van der Waals surface area contributed by atoms with Crippen molar-refractivity contribution in [2.75, 3.05) is 17.3 Å². The number of hydrogen-bond acceptors (Lipinski definition) is 3. The maximum Gasteiger partial charge on any atom is 0.202 e. The molecule has 1 rings (SSSR count). The molecule has 0 aliphatic rings. The average Bonchev–Trinajstić information content (AvgIpc) is 2.62. The quantitative estimate of drug-likeness (QED) is 0.795. The molecule has 0 spiro atoms. The van der Waals surface area contributed by atoms with E-state index in [0.29, 0.717) is 12.0 Å². The molecular formula is C12H23N3S. The van der Waals surface area contributed by atoms with Gasteiger partial charge >= 0.3 is 0 Å². The first-order valence-electron chi connectivity index (χ1n) is 5.90. The summed E-state index contributed by atoms with van der Waals surface area (Å²) in [7, 11) is 0. The summed E-state index contributed by atoms with van der Waals surface area (Å²) < 4.78 is 2.19. The van der Waals surface area contributed by atoms with Gasteiger partial charge in [0.05, 0.1) is 0 Å². The van der Waals surface area contributed by atoms with Crippen molar-refractivity contribution in [1.82, 2.24) is 9.55 Å². The lowest BCUT2D eigenvalue weighted by Crippen LogP contribution is -2.19. The van der Waals surface area contributed by atoms with Crippen LogP contribution < -0.4 is 5.32 Å². The maximum atomic E-state index is 4.36. The molecule has 0 amide bonds. The molecule has 92 valence electrons. The Morgan fingerprint density at radius 1 is 1.44 bits per heavy atom. The van der Waals surface area contributed by atoms with Crippen molar-refractivity contribution < 1.29 is 0 Å². The molecule has 0 radical (unpaired) electrons. The first kappa shape index (κ1) is 13.4. The lowest BCUT2D eigenvalue weighted by Gasteiger charge is -2.16. The van der Waals surface area contributed by atoms with E-state index in [9.17, 15) is 0 Å². The second kappa shape index (κ2) is 6.84. The molecule has 1 aromatic rings. The summed E-state index contributed by atoms with van der Waals surface area (Å²) in [4.78, 5) is 4.36. The van der Waals surface area contributed by atoms with E-state index in [2.05, 4.69) is 41.9 Å². The van der Waals surface area contributed by atoms with Crippen LogP contribution in [-0.4, -0.2) is 27.6 Å². The summed E-state index contributed by atoms with van der Waals surface area (Å²) in [6.07, 6.45) is 7.23. The number of hydrogen-bond donors (Lipinski definition) is 1. The minimum absolute atomic E-state index is 0.487. The van der Waals surface area contributed by atoms with E-state index in [0.717, 1.165) is 12.5 Å². The van der Waals surface area contributed by atoms with Crippen LogP contribution in [0.1, 0.15) is 27.2 Å². The summed E-state index contributed by atoms with van der Waals surface area (Å²) in [5.41, 5.74) is 0. The summed E-state index contributed by atoms with van der Waals surface area (Å²) in [6, 6.07) is 0.487. The Labute approximate surface area is 103 Å². The molecule has 0 saturated heterocycles. The van der Waals surface area contributed by atoms with Gasteiger partial charge < -0.3 is 9.88 Å². The number of thioether (sulfide) groups is 1. The van der Waals surface area contributed by atoms with E-state index in [1.807, 2.05) is 24.2 Å². The first-order chi connectivity index (χ1) is 7.63. The Hall–Kier alpha value is -0.640. The van der Waals surface area contributed by atoms with E-state index >= 15 is 0 Å². The zero-order valence-electron chi connectivity index (χ0n) is 10.7. The molecule has 1 atom stereocenters. The van der Waals surface area contributed by atoms with E-state index in [-0.39, 0.29) is 0 Å². The van der Waals surface area contributed by atoms with Crippen LogP contribution in [0.15, 0.2) is 12.4 Å². The third-order valence-corrected chi connectivity index (χ3v) is 3.05. The van der Waals surface area contributed by atoms with Gasteiger partial charge in [-0.1, -0.05) is 13.8 Å². The van der Waals surface area contributed by atoms with Crippen molar-refractivity contribution in [2.45, 2.75) is 39.8 Å². The van der Waals surface area contributed by atoms with Gasteiger partial charge in [-0.15, -0.1) is 0 Å². The zero-order chi connectivity index (χ0) is 12.0. The van der Waals surface area contributed by atoms with Crippen LogP contribution in [0, 0.1) is 5.92 Å². The fraction of sp³-hybridized carbons (Fsp3) is 0.750. The molecule has 0 aliphatic carbocycles. The van der Waals surface area contributed by atoms with Crippen LogP contribution in [0.4, 0.5) is 5.95 Å². The number of nitrogens with zero attached hydrogens (tertiary/aromatic N) is 2. The SMILES string of the molecule is CSCCC(C)Nc1nccn1CC(C)C. The lowest BCUT2D eigenvalue weighted by atomic mass is 10.2. The van der Waals surface area contributed by atoms with Crippen LogP contribution in [0.5, 0.6) is 0 Å². The molecule has 1 aromatic heterocycles. The van der Waals surface area contributed by atoms with Gasteiger partial charge in [-0.25, -0.2) is 4.98 Å². The monoisotopic (exact) mass is 241 g/mol. The highest BCUT2D eigenvalue weighted by Crippen LogP contribution is 2.11. The Morgan fingerprint density at radius 3 is 2.81 bits per heavy atom. The van der Waals surface area contributed by atoms with E-state index in [4.69, 9.17) is 0 Å².